The van der Waals surface area contributed by atoms with Gasteiger partial charge in [-0.2, -0.15) is 0 Å². The average molecular weight is 498 g/mol. The maximum Gasteiger partial charge on any atom is 0.411 e. The average Bonchev–Trinajstić information content (AvgIpc) is 2.87. The number of anilines is 1. The molecule has 1 heterocycles. The number of hydrogen-bond donors (Lipinski definition) is 1. The van der Waals surface area contributed by atoms with Gasteiger partial charge in [-0.3, -0.25) is 5.32 Å². The Balaban J connectivity index is 1.70. The molecule has 0 radical (unpaired) electrons. The Morgan fingerprint density at radius 3 is 2.06 bits per heavy atom. The van der Waals surface area contributed by atoms with Crippen LogP contribution in [0.4, 0.5) is 10.5 Å². The van der Waals surface area contributed by atoms with E-state index in [0.717, 1.165) is 18.6 Å². The third-order valence-corrected chi connectivity index (χ3v) is 4.70. The first-order chi connectivity index (χ1) is 17.3. The van der Waals surface area contributed by atoms with Crippen molar-refractivity contribution < 1.29 is 42.7 Å². The summed E-state index contributed by atoms with van der Waals surface area (Å²) < 4.78 is 44.2. The molecule has 10 heteroatoms. The molecule has 0 spiro atoms. The second kappa shape index (κ2) is 20.0. The number of carbonyl (C=O) groups is 1. The van der Waals surface area contributed by atoms with Crippen LogP contribution in [0.5, 0.6) is 5.75 Å². The standard InChI is InChI=1S/C25H39NO9/c1-2-3-4-9-33-23-7-5-22(6-8-23)26-25(27)35-21-24-20-32-17-16-30-13-12-28-10-11-29-14-15-31-18-19-34-24/h2,5-8,24H,1,3-4,9-21H2,(H,26,27). The summed E-state index contributed by atoms with van der Waals surface area (Å²) in [5.41, 5.74) is 0.604. The highest BCUT2D eigenvalue weighted by Crippen LogP contribution is 2.16. The smallest absolute Gasteiger partial charge is 0.411 e. The van der Waals surface area contributed by atoms with Crippen LogP contribution < -0.4 is 10.1 Å². The molecule has 1 unspecified atom stereocenters. The number of carbonyl (C=O) groups excluding carboxylic acids is 1. The van der Waals surface area contributed by atoms with Gasteiger partial charge in [0.15, 0.2) is 0 Å². The van der Waals surface area contributed by atoms with E-state index in [1.54, 1.807) is 24.3 Å². The van der Waals surface area contributed by atoms with Crippen molar-refractivity contribution in [3.63, 3.8) is 0 Å². The van der Waals surface area contributed by atoms with Gasteiger partial charge in [0.1, 0.15) is 18.5 Å². The van der Waals surface area contributed by atoms with Gasteiger partial charge in [0, 0.05) is 5.69 Å². The quantitative estimate of drug-likeness (QED) is 0.429. The predicted molar refractivity (Wildman–Crippen MR) is 130 cm³/mol. The molecule has 1 aliphatic heterocycles. The zero-order valence-electron chi connectivity index (χ0n) is 20.5. The summed E-state index contributed by atoms with van der Waals surface area (Å²) in [6, 6.07) is 7.11. The minimum absolute atomic E-state index is 0.0359. The Bertz CT molecular complexity index is 653. The summed E-state index contributed by atoms with van der Waals surface area (Å²) in [6.07, 6.45) is 2.66. The molecule has 198 valence electrons. The van der Waals surface area contributed by atoms with Crippen molar-refractivity contribution in [1.29, 1.82) is 0 Å². The van der Waals surface area contributed by atoms with E-state index in [-0.39, 0.29) is 13.2 Å². The zero-order chi connectivity index (χ0) is 24.8. The third-order valence-electron chi connectivity index (χ3n) is 4.70. The lowest BCUT2D eigenvalue weighted by atomic mass is 10.3. The van der Waals surface area contributed by atoms with E-state index in [0.29, 0.717) is 78.4 Å². The van der Waals surface area contributed by atoms with Gasteiger partial charge in [-0.1, -0.05) is 6.08 Å². The van der Waals surface area contributed by atoms with Crippen LogP contribution in [0, 0.1) is 0 Å². The van der Waals surface area contributed by atoms with Crippen LogP contribution in [0.3, 0.4) is 0 Å². The number of rotatable bonds is 8. The fraction of sp³-hybridized carbons (Fsp3) is 0.640. The fourth-order valence-electron chi connectivity index (χ4n) is 2.89. The van der Waals surface area contributed by atoms with Gasteiger partial charge in [-0.25, -0.2) is 4.79 Å². The number of hydrogen-bond acceptors (Lipinski definition) is 9. The molecule has 0 saturated carbocycles. The van der Waals surface area contributed by atoms with Gasteiger partial charge in [0.2, 0.25) is 0 Å². The third kappa shape index (κ3) is 15.4. The van der Waals surface area contributed by atoms with Gasteiger partial charge in [-0.05, 0) is 37.1 Å². The molecule has 0 aromatic heterocycles. The van der Waals surface area contributed by atoms with E-state index < -0.39 is 12.2 Å². The van der Waals surface area contributed by atoms with Crippen LogP contribution in [0.1, 0.15) is 12.8 Å². The summed E-state index contributed by atoms with van der Waals surface area (Å²) in [4.78, 5) is 12.2. The number of amides is 1. The number of benzene rings is 1. The lowest BCUT2D eigenvalue weighted by Gasteiger charge is -2.19. The molecule has 1 aliphatic rings. The lowest BCUT2D eigenvalue weighted by Crippen LogP contribution is -2.30. The number of nitrogens with one attached hydrogen (secondary N) is 1. The molecular weight excluding hydrogens is 458 g/mol. The highest BCUT2D eigenvalue weighted by molar-refractivity contribution is 5.84. The number of unbranched alkanes of at least 4 members (excludes halogenated alkanes) is 1. The molecule has 1 saturated heterocycles. The minimum Gasteiger partial charge on any atom is -0.494 e. The van der Waals surface area contributed by atoms with Crippen LogP contribution >= 0.6 is 0 Å². The van der Waals surface area contributed by atoms with Crippen LogP contribution in [0.15, 0.2) is 36.9 Å². The fourth-order valence-corrected chi connectivity index (χ4v) is 2.89. The van der Waals surface area contributed by atoms with Crippen molar-refractivity contribution >= 4 is 11.8 Å². The van der Waals surface area contributed by atoms with Crippen LogP contribution in [-0.2, 0) is 33.2 Å². The molecule has 2 rings (SSSR count). The van der Waals surface area contributed by atoms with E-state index in [1.807, 2.05) is 6.08 Å². The van der Waals surface area contributed by atoms with Crippen molar-refractivity contribution in [2.24, 2.45) is 0 Å². The second-order valence-corrected chi connectivity index (χ2v) is 7.54. The molecular formula is C25H39NO9. The molecule has 35 heavy (non-hydrogen) atoms. The molecule has 1 amide bonds. The molecule has 10 nitrogen and oxygen atoms in total. The van der Waals surface area contributed by atoms with Gasteiger partial charge < -0.3 is 37.9 Å². The molecule has 0 bridgehead atoms. The molecule has 1 aromatic carbocycles. The van der Waals surface area contributed by atoms with Gasteiger partial charge >= 0.3 is 6.09 Å². The SMILES string of the molecule is C=CCCCOc1ccc(NC(=O)OCC2COCCOCCOCCOCCOCCO2)cc1. The molecule has 1 N–H and O–H groups in total. The Morgan fingerprint density at radius 2 is 1.46 bits per heavy atom. The van der Waals surface area contributed by atoms with Crippen LogP contribution in [0.25, 0.3) is 0 Å². The number of ether oxygens (including phenoxy) is 8. The molecule has 1 aromatic rings. The summed E-state index contributed by atoms with van der Waals surface area (Å²) in [5.74, 6) is 0.737. The Labute approximate surface area is 207 Å². The number of allylic oxidation sites excluding steroid dienone is 1. The highest BCUT2D eigenvalue weighted by Gasteiger charge is 2.14. The summed E-state index contributed by atoms with van der Waals surface area (Å²) in [6.45, 7) is 9.13. The maximum atomic E-state index is 12.2. The summed E-state index contributed by atoms with van der Waals surface area (Å²) >= 11 is 0. The van der Waals surface area contributed by atoms with E-state index in [2.05, 4.69) is 11.9 Å². The van der Waals surface area contributed by atoms with E-state index in [9.17, 15) is 4.79 Å². The van der Waals surface area contributed by atoms with Crippen molar-refractivity contribution in [3.8, 4) is 5.75 Å². The monoisotopic (exact) mass is 497 g/mol. The predicted octanol–water partition coefficient (Wildman–Crippen LogP) is 3.06. The van der Waals surface area contributed by atoms with E-state index in [4.69, 9.17) is 37.9 Å². The maximum absolute atomic E-state index is 12.2. The first kappa shape index (κ1) is 29.0. The Hall–Kier alpha value is -2.21. The summed E-state index contributed by atoms with van der Waals surface area (Å²) in [7, 11) is 0. The summed E-state index contributed by atoms with van der Waals surface area (Å²) in [5, 5.41) is 2.70. The first-order valence-corrected chi connectivity index (χ1v) is 12.1. The van der Waals surface area contributed by atoms with Crippen molar-refractivity contribution in [1.82, 2.24) is 0 Å². The molecule has 1 fully saturated rings. The van der Waals surface area contributed by atoms with Crippen LogP contribution in [0.2, 0.25) is 0 Å². The molecule has 0 aliphatic carbocycles. The Kier molecular flexibility index (Phi) is 16.6. The lowest BCUT2D eigenvalue weighted by molar-refractivity contribution is -0.0746. The first-order valence-electron chi connectivity index (χ1n) is 12.1. The van der Waals surface area contributed by atoms with Crippen molar-refractivity contribution in [2.75, 3.05) is 91.2 Å². The highest BCUT2D eigenvalue weighted by atomic mass is 16.6. The van der Waals surface area contributed by atoms with Crippen LogP contribution in [-0.4, -0.2) is 98.1 Å². The Morgan fingerprint density at radius 1 is 0.886 bits per heavy atom. The van der Waals surface area contributed by atoms with Gasteiger partial charge in [0.05, 0.1) is 79.3 Å². The largest absolute Gasteiger partial charge is 0.494 e. The molecule has 1 atom stereocenters. The topological polar surface area (TPSA) is 103 Å². The van der Waals surface area contributed by atoms with Crippen molar-refractivity contribution in [2.45, 2.75) is 18.9 Å². The van der Waals surface area contributed by atoms with E-state index in [1.165, 1.54) is 0 Å². The zero-order valence-corrected chi connectivity index (χ0v) is 20.5. The van der Waals surface area contributed by atoms with E-state index >= 15 is 0 Å². The minimum atomic E-state index is -0.579. The van der Waals surface area contributed by atoms with Gasteiger partial charge in [0.25, 0.3) is 0 Å². The van der Waals surface area contributed by atoms with Gasteiger partial charge in [-0.15, -0.1) is 6.58 Å². The van der Waals surface area contributed by atoms with Crippen molar-refractivity contribution in [3.05, 3.63) is 36.9 Å². The normalized spacial score (nSPS) is 19.6. The second-order valence-electron chi connectivity index (χ2n) is 7.54.